The Morgan fingerprint density at radius 3 is 2.86 bits per heavy atom. The van der Waals surface area contributed by atoms with Crippen LogP contribution in [0.15, 0.2) is 18.2 Å². The van der Waals surface area contributed by atoms with Crippen molar-refractivity contribution in [3.05, 3.63) is 23.8 Å². The molecular weight excluding hydrogens is 268 g/mol. The van der Waals surface area contributed by atoms with E-state index < -0.39 is 0 Å². The van der Waals surface area contributed by atoms with Crippen molar-refractivity contribution in [1.29, 1.82) is 0 Å². The molecular formula is C15H22N4O2. The van der Waals surface area contributed by atoms with Crippen molar-refractivity contribution in [1.82, 2.24) is 5.32 Å². The smallest absolute Gasteiger partial charge is 0.321 e. The molecule has 3 amide bonds. The molecule has 6 heteroatoms. The Labute approximate surface area is 124 Å². The van der Waals surface area contributed by atoms with Crippen LogP contribution in [0.1, 0.15) is 19.4 Å². The predicted octanol–water partition coefficient (Wildman–Crippen LogP) is 1.31. The van der Waals surface area contributed by atoms with Gasteiger partial charge in [0.2, 0.25) is 5.91 Å². The zero-order valence-corrected chi connectivity index (χ0v) is 12.5. The molecule has 0 aliphatic carbocycles. The summed E-state index contributed by atoms with van der Waals surface area (Å²) in [6, 6.07) is 5.56. The first-order valence-corrected chi connectivity index (χ1v) is 7.26. The minimum atomic E-state index is -0.238. The highest BCUT2D eigenvalue weighted by atomic mass is 16.2. The molecule has 0 bridgehead atoms. The molecule has 0 spiro atoms. The molecule has 4 N–H and O–H groups in total. The number of fused-ring (bicyclic) bond motifs is 1. The van der Waals surface area contributed by atoms with Gasteiger partial charge in [0.15, 0.2) is 0 Å². The fraction of sp³-hybridized carbons (Fsp3) is 0.467. The van der Waals surface area contributed by atoms with Gasteiger partial charge < -0.3 is 16.4 Å². The second-order valence-corrected chi connectivity index (χ2v) is 5.21. The van der Waals surface area contributed by atoms with Crippen LogP contribution in [-0.2, 0) is 11.2 Å². The van der Waals surface area contributed by atoms with E-state index in [1.54, 1.807) is 11.8 Å². The Kier molecular flexibility index (Phi) is 4.80. The summed E-state index contributed by atoms with van der Waals surface area (Å²) in [7, 11) is 0. The van der Waals surface area contributed by atoms with Crippen molar-refractivity contribution in [2.24, 2.45) is 11.7 Å². The van der Waals surface area contributed by atoms with Crippen LogP contribution in [0.2, 0.25) is 0 Å². The number of nitrogens with one attached hydrogen (secondary N) is 2. The summed E-state index contributed by atoms with van der Waals surface area (Å²) in [6.45, 7) is 5.23. The summed E-state index contributed by atoms with van der Waals surface area (Å²) in [5.74, 6) is -0.349. The summed E-state index contributed by atoms with van der Waals surface area (Å²) >= 11 is 0. The van der Waals surface area contributed by atoms with Gasteiger partial charge in [-0.25, -0.2) is 4.79 Å². The minimum Gasteiger partial charge on any atom is -0.338 e. The third-order valence-corrected chi connectivity index (χ3v) is 3.62. The number of carbonyl (C=O) groups excluding carboxylic acids is 2. The van der Waals surface area contributed by atoms with Crippen LogP contribution in [0.3, 0.4) is 0 Å². The fourth-order valence-corrected chi connectivity index (χ4v) is 2.29. The summed E-state index contributed by atoms with van der Waals surface area (Å²) < 4.78 is 0. The second-order valence-electron chi connectivity index (χ2n) is 5.21. The molecule has 1 aromatic carbocycles. The Hall–Kier alpha value is -2.08. The molecule has 21 heavy (non-hydrogen) atoms. The van der Waals surface area contributed by atoms with E-state index in [0.29, 0.717) is 25.3 Å². The van der Waals surface area contributed by atoms with E-state index in [1.165, 1.54) is 0 Å². The number of hydrogen-bond donors (Lipinski definition) is 3. The fourth-order valence-electron chi connectivity index (χ4n) is 2.29. The summed E-state index contributed by atoms with van der Waals surface area (Å²) in [5.41, 5.74) is 8.16. The van der Waals surface area contributed by atoms with Gasteiger partial charge in [-0.1, -0.05) is 13.0 Å². The van der Waals surface area contributed by atoms with E-state index in [0.717, 1.165) is 17.7 Å². The van der Waals surface area contributed by atoms with Gasteiger partial charge in [0.05, 0.1) is 5.69 Å². The van der Waals surface area contributed by atoms with Gasteiger partial charge in [0.25, 0.3) is 0 Å². The minimum absolute atomic E-state index is 0.102. The van der Waals surface area contributed by atoms with Crippen LogP contribution < -0.4 is 21.3 Å². The lowest BCUT2D eigenvalue weighted by molar-refractivity contribution is -0.119. The van der Waals surface area contributed by atoms with E-state index in [4.69, 9.17) is 5.73 Å². The Bertz CT molecular complexity index is 544. The topological polar surface area (TPSA) is 87.5 Å². The second kappa shape index (κ2) is 6.58. The molecule has 0 fully saturated rings. The molecule has 114 valence electrons. The summed E-state index contributed by atoms with van der Waals surface area (Å²) in [6.07, 6.45) is 0.833. The number of benzene rings is 1. The number of urea groups is 1. The van der Waals surface area contributed by atoms with Crippen molar-refractivity contribution in [2.45, 2.75) is 20.3 Å². The third-order valence-electron chi connectivity index (χ3n) is 3.62. The Balaban J connectivity index is 2.16. The van der Waals surface area contributed by atoms with Gasteiger partial charge in [-0.05, 0) is 31.0 Å². The largest absolute Gasteiger partial charge is 0.338 e. The highest BCUT2D eigenvalue weighted by molar-refractivity contribution is 5.97. The zero-order valence-electron chi connectivity index (χ0n) is 12.5. The number of hydrogen-bond acceptors (Lipinski definition) is 3. The summed E-state index contributed by atoms with van der Waals surface area (Å²) in [5, 5.41) is 5.64. The van der Waals surface area contributed by atoms with Crippen LogP contribution in [0, 0.1) is 5.92 Å². The molecule has 1 unspecified atom stereocenters. The molecule has 2 rings (SSSR count). The van der Waals surface area contributed by atoms with Crippen LogP contribution in [0.5, 0.6) is 0 Å². The van der Waals surface area contributed by atoms with Crippen molar-refractivity contribution >= 4 is 23.3 Å². The van der Waals surface area contributed by atoms with Gasteiger partial charge in [-0.2, -0.15) is 0 Å². The van der Waals surface area contributed by atoms with E-state index in [2.05, 4.69) is 10.6 Å². The number of carbonyl (C=O) groups is 2. The molecule has 1 aliphatic heterocycles. The molecule has 0 aromatic heterocycles. The molecule has 1 atom stereocenters. The third kappa shape index (κ3) is 3.33. The first-order valence-electron chi connectivity index (χ1n) is 7.26. The maximum atomic E-state index is 12.0. The first-order chi connectivity index (χ1) is 10.1. The van der Waals surface area contributed by atoms with Gasteiger partial charge in [-0.15, -0.1) is 0 Å². The van der Waals surface area contributed by atoms with E-state index >= 15 is 0 Å². The SMILES string of the molecule is CCNC(=O)N1CCc2ccc(NC(=O)C(C)CN)cc21. The van der Waals surface area contributed by atoms with E-state index in [-0.39, 0.29) is 17.9 Å². The highest BCUT2D eigenvalue weighted by Gasteiger charge is 2.24. The zero-order chi connectivity index (χ0) is 15.4. The van der Waals surface area contributed by atoms with Gasteiger partial charge in [0, 0.05) is 31.2 Å². The van der Waals surface area contributed by atoms with Gasteiger partial charge in [0.1, 0.15) is 0 Å². The van der Waals surface area contributed by atoms with Crippen LogP contribution in [0.25, 0.3) is 0 Å². The number of rotatable bonds is 4. The Morgan fingerprint density at radius 1 is 1.43 bits per heavy atom. The molecule has 6 nitrogen and oxygen atoms in total. The number of anilines is 2. The number of amides is 3. The average molecular weight is 290 g/mol. The average Bonchev–Trinajstić information content (AvgIpc) is 2.89. The lowest BCUT2D eigenvalue weighted by Gasteiger charge is -2.18. The number of nitrogens with two attached hydrogens (primary N) is 1. The van der Waals surface area contributed by atoms with Crippen LogP contribution in [-0.4, -0.2) is 31.6 Å². The quantitative estimate of drug-likeness (QED) is 0.781. The maximum absolute atomic E-state index is 12.0. The molecule has 1 aliphatic rings. The Morgan fingerprint density at radius 2 is 2.19 bits per heavy atom. The monoisotopic (exact) mass is 290 g/mol. The standard InChI is InChI=1S/C15H22N4O2/c1-3-17-15(21)19-7-6-11-4-5-12(8-13(11)19)18-14(20)10(2)9-16/h4-5,8,10H,3,6-7,9,16H2,1-2H3,(H,17,21)(H,18,20). The van der Waals surface area contributed by atoms with Gasteiger partial charge >= 0.3 is 6.03 Å². The first kappa shape index (κ1) is 15.3. The molecule has 0 radical (unpaired) electrons. The molecule has 1 heterocycles. The summed E-state index contributed by atoms with van der Waals surface area (Å²) in [4.78, 5) is 25.6. The van der Waals surface area contributed by atoms with Crippen molar-refractivity contribution in [3.8, 4) is 0 Å². The predicted molar refractivity (Wildman–Crippen MR) is 83.4 cm³/mol. The maximum Gasteiger partial charge on any atom is 0.321 e. The molecule has 0 saturated heterocycles. The normalized spacial score (nSPS) is 14.5. The van der Waals surface area contributed by atoms with Crippen molar-refractivity contribution in [2.75, 3.05) is 29.9 Å². The van der Waals surface area contributed by atoms with E-state index in [9.17, 15) is 9.59 Å². The van der Waals surface area contributed by atoms with E-state index in [1.807, 2.05) is 25.1 Å². The van der Waals surface area contributed by atoms with Crippen LogP contribution >= 0.6 is 0 Å². The van der Waals surface area contributed by atoms with Gasteiger partial charge in [-0.3, -0.25) is 9.69 Å². The highest BCUT2D eigenvalue weighted by Crippen LogP contribution is 2.31. The molecule has 0 saturated carbocycles. The van der Waals surface area contributed by atoms with Crippen molar-refractivity contribution in [3.63, 3.8) is 0 Å². The van der Waals surface area contributed by atoms with Crippen molar-refractivity contribution < 1.29 is 9.59 Å². The number of nitrogens with zero attached hydrogens (tertiary/aromatic N) is 1. The lowest BCUT2D eigenvalue weighted by Crippen LogP contribution is -2.38. The molecule has 1 aromatic rings. The van der Waals surface area contributed by atoms with Crippen LogP contribution in [0.4, 0.5) is 16.2 Å². The lowest BCUT2D eigenvalue weighted by atomic mass is 10.1.